The molecule has 1 heterocycles. The Bertz CT molecular complexity index is 952. The SMILES string of the molecule is O=C(Nc1ccc2c(c1)COC(NC1CCc3cc(F)ccc31)=N2)C1CC1. The summed E-state index contributed by atoms with van der Waals surface area (Å²) >= 11 is 0. The summed E-state index contributed by atoms with van der Waals surface area (Å²) in [7, 11) is 0. The summed E-state index contributed by atoms with van der Waals surface area (Å²) in [4.78, 5) is 16.5. The molecule has 5 rings (SSSR count). The fourth-order valence-electron chi connectivity index (χ4n) is 3.72. The molecule has 2 aliphatic carbocycles. The lowest BCUT2D eigenvalue weighted by atomic mass is 10.1. The van der Waals surface area contributed by atoms with Crippen LogP contribution in [0.1, 0.15) is 42.0 Å². The first-order valence-corrected chi connectivity index (χ1v) is 9.36. The maximum atomic E-state index is 13.4. The van der Waals surface area contributed by atoms with Crippen molar-refractivity contribution in [2.45, 2.75) is 38.3 Å². The van der Waals surface area contributed by atoms with Gasteiger partial charge in [-0.15, -0.1) is 0 Å². The van der Waals surface area contributed by atoms with Crippen molar-refractivity contribution < 1.29 is 13.9 Å². The molecule has 3 aliphatic rings. The highest BCUT2D eigenvalue weighted by molar-refractivity contribution is 5.94. The largest absolute Gasteiger partial charge is 0.460 e. The van der Waals surface area contributed by atoms with E-state index in [1.54, 1.807) is 6.07 Å². The minimum absolute atomic E-state index is 0.0815. The molecule has 0 spiro atoms. The molecule has 2 aromatic carbocycles. The number of ether oxygens (including phenoxy) is 1. The maximum absolute atomic E-state index is 13.4. The van der Waals surface area contributed by atoms with Crippen molar-refractivity contribution in [3.05, 3.63) is 58.9 Å². The Hall–Kier alpha value is -2.89. The summed E-state index contributed by atoms with van der Waals surface area (Å²) in [5, 5.41) is 6.29. The fraction of sp³-hybridized carbons (Fsp3) is 0.333. The van der Waals surface area contributed by atoms with Gasteiger partial charge in [-0.25, -0.2) is 4.39 Å². The molecule has 0 radical (unpaired) electrons. The first kappa shape index (κ1) is 16.3. The Labute approximate surface area is 156 Å². The van der Waals surface area contributed by atoms with E-state index in [9.17, 15) is 9.18 Å². The van der Waals surface area contributed by atoms with E-state index < -0.39 is 0 Å². The average molecular weight is 365 g/mol. The van der Waals surface area contributed by atoms with Crippen LogP contribution in [0.25, 0.3) is 0 Å². The van der Waals surface area contributed by atoms with Gasteiger partial charge >= 0.3 is 0 Å². The van der Waals surface area contributed by atoms with Crippen molar-refractivity contribution >= 4 is 23.3 Å². The summed E-state index contributed by atoms with van der Waals surface area (Å²) < 4.78 is 19.2. The number of amidine groups is 1. The van der Waals surface area contributed by atoms with Crippen molar-refractivity contribution in [1.82, 2.24) is 5.32 Å². The lowest BCUT2D eigenvalue weighted by molar-refractivity contribution is -0.117. The summed E-state index contributed by atoms with van der Waals surface area (Å²) in [6.07, 6.45) is 3.70. The van der Waals surface area contributed by atoms with Gasteiger partial charge in [-0.2, -0.15) is 4.99 Å². The second-order valence-corrected chi connectivity index (χ2v) is 7.39. The molecule has 1 fully saturated rings. The lowest BCUT2D eigenvalue weighted by Crippen LogP contribution is -2.30. The Kier molecular flexibility index (Phi) is 3.85. The van der Waals surface area contributed by atoms with Gasteiger partial charge in [-0.1, -0.05) is 6.07 Å². The molecule has 1 atom stereocenters. The van der Waals surface area contributed by atoms with Crippen molar-refractivity contribution in [2.24, 2.45) is 10.9 Å². The van der Waals surface area contributed by atoms with E-state index in [1.807, 2.05) is 24.3 Å². The number of nitrogens with one attached hydrogen (secondary N) is 2. The van der Waals surface area contributed by atoms with Gasteiger partial charge in [0.2, 0.25) is 5.91 Å². The second kappa shape index (κ2) is 6.37. The molecule has 1 amide bonds. The van der Waals surface area contributed by atoms with Crippen LogP contribution in [0.4, 0.5) is 15.8 Å². The van der Waals surface area contributed by atoms with E-state index in [2.05, 4.69) is 15.6 Å². The highest BCUT2D eigenvalue weighted by Gasteiger charge is 2.30. The number of aryl methyl sites for hydroxylation is 1. The summed E-state index contributed by atoms with van der Waals surface area (Å²) in [6, 6.07) is 11.2. The predicted octanol–water partition coefficient (Wildman–Crippen LogP) is 3.97. The predicted molar refractivity (Wildman–Crippen MR) is 100 cm³/mol. The number of rotatable bonds is 3. The summed E-state index contributed by atoms with van der Waals surface area (Å²) in [5.74, 6) is 0.0712. The third kappa shape index (κ3) is 3.27. The number of benzene rings is 2. The molecule has 27 heavy (non-hydrogen) atoms. The van der Waals surface area contributed by atoms with Crippen LogP contribution < -0.4 is 10.6 Å². The van der Waals surface area contributed by atoms with Gasteiger partial charge < -0.3 is 15.4 Å². The number of carbonyl (C=O) groups is 1. The zero-order chi connectivity index (χ0) is 18.4. The highest BCUT2D eigenvalue weighted by Crippen LogP contribution is 2.34. The number of hydrogen-bond acceptors (Lipinski definition) is 4. The normalized spacial score (nSPS) is 20.2. The Morgan fingerprint density at radius 2 is 2.00 bits per heavy atom. The van der Waals surface area contributed by atoms with Gasteiger partial charge in [-0.3, -0.25) is 4.79 Å². The van der Waals surface area contributed by atoms with Crippen molar-refractivity contribution in [3.63, 3.8) is 0 Å². The summed E-state index contributed by atoms with van der Waals surface area (Å²) in [6.45, 7) is 0.400. The molecule has 1 saturated carbocycles. The van der Waals surface area contributed by atoms with Gasteiger partial charge in [0, 0.05) is 17.2 Å². The van der Waals surface area contributed by atoms with Crippen LogP contribution in [0.3, 0.4) is 0 Å². The standard InChI is InChI=1S/C21H20FN3O2/c22-15-4-6-17-13(9-15)3-7-19(17)25-21-24-18-8-5-16(10-14(18)11-27-21)23-20(26)12-1-2-12/h4-6,8-10,12,19H,1-3,7,11H2,(H,23,26)(H,24,25). The minimum Gasteiger partial charge on any atom is -0.460 e. The molecule has 0 saturated heterocycles. The van der Waals surface area contributed by atoms with Crippen LogP contribution in [0.5, 0.6) is 0 Å². The first-order valence-electron chi connectivity index (χ1n) is 9.36. The molecule has 1 aliphatic heterocycles. The van der Waals surface area contributed by atoms with Crippen LogP contribution in [0.15, 0.2) is 41.4 Å². The zero-order valence-corrected chi connectivity index (χ0v) is 14.8. The van der Waals surface area contributed by atoms with Crippen LogP contribution in [-0.2, 0) is 22.6 Å². The van der Waals surface area contributed by atoms with Crippen LogP contribution in [0, 0.1) is 11.7 Å². The minimum atomic E-state index is -0.195. The number of hydrogen-bond donors (Lipinski definition) is 2. The van der Waals surface area contributed by atoms with Crippen LogP contribution in [0.2, 0.25) is 0 Å². The van der Waals surface area contributed by atoms with E-state index in [0.29, 0.717) is 12.6 Å². The molecule has 2 aromatic rings. The number of halogens is 1. The Morgan fingerprint density at radius 1 is 1.11 bits per heavy atom. The fourth-order valence-corrected chi connectivity index (χ4v) is 3.72. The Balaban J connectivity index is 1.31. The third-order valence-electron chi connectivity index (χ3n) is 5.36. The number of amides is 1. The van der Waals surface area contributed by atoms with Crippen LogP contribution in [-0.4, -0.2) is 11.9 Å². The summed E-state index contributed by atoms with van der Waals surface area (Å²) in [5.41, 5.74) is 4.72. The van der Waals surface area contributed by atoms with E-state index in [0.717, 1.165) is 53.7 Å². The molecule has 5 nitrogen and oxygen atoms in total. The average Bonchev–Trinajstić information content (AvgIpc) is 3.45. The molecule has 6 heteroatoms. The third-order valence-corrected chi connectivity index (χ3v) is 5.36. The number of carbonyl (C=O) groups excluding carboxylic acids is 1. The maximum Gasteiger partial charge on any atom is 0.290 e. The lowest BCUT2D eigenvalue weighted by Gasteiger charge is -2.22. The zero-order valence-electron chi connectivity index (χ0n) is 14.8. The molecule has 138 valence electrons. The first-order chi connectivity index (χ1) is 13.2. The van der Waals surface area contributed by atoms with Gasteiger partial charge in [0.25, 0.3) is 6.02 Å². The molecule has 2 N–H and O–H groups in total. The van der Waals surface area contributed by atoms with Crippen molar-refractivity contribution in [2.75, 3.05) is 5.32 Å². The monoisotopic (exact) mass is 365 g/mol. The molecule has 0 aromatic heterocycles. The number of nitrogens with zero attached hydrogens (tertiary/aromatic N) is 1. The highest BCUT2D eigenvalue weighted by atomic mass is 19.1. The van der Waals surface area contributed by atoms with Gasteiger partial charge in [-0.05, 0) is 67.1 Å². The number of anilines is 1. The topological polar surface area (TPSA) is 62.7 Å². The second-order valence-electron chi connectivity index (χ2n) is 7.39. The molecular weight excluding hydrogens is 345 g/mol. The molecule has 0 bridgehead atoms. The smallest absolute Gasteiger partial charge is 0.290 e. The van der Waals surface area contributed by atoms with Gasteiger partial charge in [0.15, 0.2) is 0 Å². The quantitative estimate of drug-likeness (QED) is 0.865. The molecule has 1 unspecified atom stereocenters. The van der Waals surface area contributed by atoms with Gasteiger partial charge in [0.05, 0.1) is 11.7 Å². The van der Waals surface area contributed by atoms with Crippen molar-refractivity contribution in [1.29, 1.82) is 0 Å². The van der Waals surface area contributed by atoms with E-state index in [4.69, 9.17) is 4.74 Å². The van der Waals surface area contributed by atoms with E-state index in [1.165, 1.54) is 6.07 Å². The number of fused-ring (bicyclic) bond motifs is 2. The van der Waals surface area contributed by atoms with E-state index in [-0.39, 0.29) is 23.7 Å². The molecular formula is C21H20FN3O2. The van der Waals surface area contributed by atoms with E-state index >= 15 is 0 Å². The van der Waals surface area contributed by atoms with Crippen LogP contribution >= 0.6 is 0 Å². The van der Waals surface area contributed by atoms with Crippen molar-refractivity contribution in [3.8, 4) is 0 Å². The van der Waals surface area contributed by atoms with Gasteiger partial charge in [0.1, 0.15) is 12.4 Å². The number of aliphatic imine (C=N–C) groups is 1. The Morgan fingerprint density at radius 3 is 2.85 bits per heavy atom.